The number of aryl methyl sites for hydroxylation is 1. The van der Waals surface area contributed by atoms with Gasteiger partial charge < -0.3 is 15.2 Å². The van der Waals surface area contributed by atoms with E-state index in [2.05, 4.69) is 15.8 Å². The van der Waals surface area contributed by atoms with E-state index in [-0.39, 0.29) is 10.8 Å². The van der Waals surface area contributed by atoms with Gasteiger partial charge in [0.1, 0.15) is 5.75 Å². The van der Waals surface area contributed by atoms with Crippen LogP contribution in [-0.2, 0) is 4.79 Å². The second-order valence-corrected chi connectivity index (χ2v) is 5.85. The van der Waals surface area contributed by atoms with Crippen molar-refractivity contribution in [2.24, 2.45) is 5.10 Å². The number of carbonyl (C=O) groups is 2. The molecule has 136 valence electrons. The highest BCUT2D eigenvalue weighted by Crippen LogP contribution is 2.24. The molecule has 0 spiro atoms. The van der Waals surface area contributed by atoms with Gasteiger partial charge in [0.15, 0.2) is 6.61 Å². The molecule has 7 nitrogen and oxygen atoms in total. The summed E-state index contributed by atoms with van der Waals surface area (Å²) in [6, 6.07) is 9.87. The quantitative estimate of drug-likeness (QED) is 0.530. The minimum Gasteiger partial charge on any atom is -0.480 e. The first-order valence-corrected chi connectivity index (χ1v) is 8.05. The van der Waals surface area contributed by atoms with E-state index in [0.29, 0.717) is 11.3 Å². The predicted octanol–water partition coefficient (Wildman–Crippen LogP) is 3.58. The van der Waals surface area contributed by atoms with Crippen LogP contribution >= 0.6 is 11.6 Å². The Morgan fingerprint density at radius 2 is 2.04 bits per heavy atom. The summed E-state index contributed by atoms with van der Waals surface area (Å²) in [7, 11) is 0. The van der Waals surface area contributed by atoms with Crippen molar-refractivity contribution in [3.8, 4) is 5.75 Å². The fraction of sp³-hybridized carbons (Fsp3) is 0.167. The van der Waals surface area contributed by atoms with Crippen LogP contribution in [0.4, 0.5) is 10.5 Å². The molecule has 2 aromatic carbocycles. The van der Waals surface area contributed by atoms with E-state index in [9.17, 15) is 9.59 Å². The van der Waals surface area contributed by atoms with E-state index in [4.69, 9.17) is 21.4 Å². The molecule has 0 fully saturated rings. The van der Waals surface area contributed by atoms with Crippen LogP contribution in [-0.4, -0.2) is 29.9 Å². The molecule has 26 heavy (non-hydrogen) atoms. The first kappa shape index (κ1) is 19.3. The molecule has 3 N–H and O–H groups in total. The Morgan fingerprint density at radius 1 is 1.27 bits per heavy atom. The summed E-state index contributed by atoms with van der Waals surface area (Å²) in [5, 5.41) is 15.4. The van der Waals surface area contributed by atoms with Crippen molar-refractivity contribution < 1.29 is 19.4 Å². The number of benzene rings is 2. The number of urea groups is 1. The van der Waals surface area contributed by atoms with Gasteiger partial charge in [-0.15, -0.1) is 0 Å². The van der Waals surface area contributed by atoms with Gasteiger partial charge in [0.25, 0.3) is 0 Å². The number of nitrogens with zero attached hydrogens (tertiary/aromatic N) is 1. The van der Waals surface area contributed by atoms with Crippen LogP contribution in [0.1, 0.15) is 16.7 Å². The van der Waals surface area contributed by atoms with Crippen LogP contribution in [0.25, 0.3) is 0 Å². The zero-order valence-corrected chi connectivity index (χ0v) is 15.0. The maximum Gasteiger partial charge on any atom is 0.341 e. The maximum atomic E-state index is 11.9. The zero-order valence-electron chi connectivity index (χ0n) is 14.2. The summed E-state index contributed by atoms with van der Waals surface area (Å²) in [6.45, 7) is 3.40. The molecular weight excluding hydrogens is 358 g/mol. The van der Waals surface area contributed by atoms with Crippen molar-refractivity contribution in [1.82, 2.24) is 5.43 Å². The third kappa shape index (κ3) is 5.49. The monoisotopic (exact) mass is 375 g/mol. The molecule has 2 amide bonds. The highest BCUT2D eigenvalue weighted by molar-refractivity contribution is 6.32. The Balaban J connectivity index is 1.93. The standard InChI is InChI=1S/C18H18ClN3O4/c1-11-4-3-5-15(12(11)2)21-18(25)22-20-9-13-6-7-16(14(19)8-13)26-10-17(23)24/h3-9H,10H2,1-2H3,(H,23,24)(H2,21,22,25)/b20-9+. The van der Waals surface area contributed by atoms with Crippen LogP contribution in [0.2, 0.25) is 5.02 Å². The largest absolute Gasteiger partial charge is 0.480 e. The number of carboxylic acids is 1. The van der Waals surface area contributed by atoms with Crippen LogP contribution in [0.5, 0.6) is 5.75 Å². The number of hydrazone groups is 1. The third-order valence-corrected chi connectivity index (χ3v) is 3.83. The molecule has 8 heteroatoms. The second-order valence-electron chi connectivity index (χ2n) is 5.44. The van der Waals surface area contributed by atoms with E-state index >= 15 is 0 Å². The molecular formula is C18H18ClN3O4. The first-order valence-electron chi connectivity index (χ1n) is 7.67. The Morgan fingerprint density at radius 3 is 2.73 bits per heavy atom. The minimum absolute atomic E-state index is 0.245. The number of ether oxygens (including phenoxy) is 1. The van der Waals surface area contributed by atoms with E-state index in [1.165, 1.54) is 12.3 Å². The topological polar surface area (TPSA) is 100 Å². The summed E-state index contributed by atoms with van der Waals surface area (Å²) in [5.41, 5.74) is 5.75. The highest BCUT2D eigenvalue weighted by Gasteiger charge is 2.06. The number of carboxylic acid groups (broad SMARTS) is 1. The van der Waals surface area contributed by atoms with Crippen LogP contribution in [0.3, 0.4) is 0 Å². The molecule has 0 heterocycles. The van der Waals surface area contributed by atoms with Crippen molar-refractivity contribution >= 4 is 35.5 Å². The van der Waals surface area contributed by atoms with E-state index in [0.717, 1.165) is 11.1 Å². The molecule has 0 aliphatic heterocycles. The summed E-state index contributed by atoms with van der Waals surface area (Å²) >= 11 is 6.01. The van der Waals surface area contributed by atoms with E-state index < -0.39 is 18.6 Å². The molecule has 0 saturated carbocycles. The number of hydrogen-bond donors (Lipinski definition) is 3. The normalized spacial score (nSPS) is 10.6. The van der Waals surface area contributed by atoms with E-state index in [1.54, 1.807) is 18.2 Å². The Bertz CT molecular complexity index is 852. The SMILES string of the molecule is Cc1cccc(NC(=O)N/N=C/c2ccc(OCC(=O)O)c(Cl)c2)c1C. The molecule has 0 aromatic heterocycles. The molecule has 0 aliphatic rings. The van der Waals surface area contributed by atoms with Gasteiger partial charge in [-0.3, -0.25) is 0 Å². The van der Waals surface area contributed by atoms with Gasteiger partial charge in [0.05, 0.1) is 11.2 Å². The van der Waals surface area contributed by atoms with Crippen LogP contribution in [0, 0.1) is 13.8 Å². The molecule has 2 rings (SSSR count). The van der Waals surface area contributed by atoms with Gasteiger partial charge in [0, 0.05) is 5.69 Å². The average Bonchev–Trinajstić information content (AvgIpc) is 2.58. The average molecular weight is 376 g/mol. The zero-order chi connectivity index (χ0) is 19.1. The van der Waals surface area contributed by atoms with Gasteiger partial charge in [-0.05, 0) is 54.8 Å². The molecule has 0 atom stereocenters. The Hall–Kier alpha value is -3.06. The number of carbonyl (C=O) groups excluding carboxylic acids is 1. The van der Waals surface area contributed by atoms with Gasteiger partial charge in [-0.25, -0.2) is 15.0 Å². The molecule has 2 aromatic rings. The van der Waals surface area contributed by atoms with Crippen molar-refractivity contribution in [2.45, 2.75) is 13.8 Å². The van der Waals surface area contributed by atoms with Crippen molar-refractivity contribution in [3.05, 3.63) is 58.1 Å². The number of aliphatic carboxylic acids is 1. The predicted molar refractivity (Wildman–Crippen MR) is 100 cm³/mol. The number of halogens is 1. The van der Waals surface area contributed by atoms with Gasteiger partial charge in [-0.2, -0.15) is 5.10 Å². The first-order chi connectivity index (χ1) is 12.4. The maximum absolute atomic E-state index is 11.9. The molecule has 0 aliphatic carbocycles. The van der Waals surface area contributed by atoms with Gasteiger partial charge in [-0.1, -0.05) is 23.7 Å². The Labute approximate surface area is 155 Å². The number of anilines is 1. The number of rotatable bonds is 6. The van der Waals surface area contributed by atoms with Gasteiger partial charge in [0.2, 0.25) is 0 Å². The second kappa shape index (κ2) is 8.87. The molecule has 0 bridgehead atoms. The summed E-state index contributed by atoms with van der Waals surface area (Å²) in [6.07, 6.45) is 1.41. The van der Waals surface area contributed by atoms with E-state index in [1.807, 2.05) is 26.0 Å². The number of hydrogen-bond acceptors (Lipinski definition) is 4. The molecule has 0 unspecified atom stereocenters. The molecule has 0 saturated heterocycles. The van der Waals surface area contributed by atoms with Crippen molar-refractivity contribution in [3.63, 3.8) is 0 Å². The fourth-order valence-corrected chi connectivity index (χ4v) is 2.30. The lowest BCUT2D eigenvalue weighted by Crippen LogP contribution is -2.24. The fourth-order valence-electron chi connectivity index (χ4n) is 2.06. The van der Waals surface area contributed by atoms with Crippen molar-refractivity contribution in [1.29, 1.82) is 0 Å². The van der Waals surface area contributed by atoms with Gasteiger partial charge >= 0.3 is 12.0 Å². The lowest BCUT2D eigenvalue weighted by Gasteiger charge is -2.09. The minimum atomic E-state index is -1.09. The lowest BCUT2D eigenvalue weighted by molar-refractivity contribution is -0.139. The van der Waals surface area contributed by atoms with Crippen LogP contribution < -0.4 is 15.5 Å². The highest BCUT2D eigenvalue weighted by atomic mass is 35.5. The summed E-state index contributed by atoms with van der Waals surface area (Å²) in [5.74, 6) is -0.836. The van der Waals surface area contributed by atoms with Crippen LogP contribution in [0.15, 0.2) is 41.5 Å². The van der Waals surface area contributed by atoms with Crippen molar-refractivity contribution in [2.75, 3.05) is 11.9 Å². The molecule has 0 radical (unpaired) electrons. The smallest absolute Gasteiger partial charge is 0.341 e. The summed E-state index contributed by atoms with van der Waals surface area (Å²) in [4.78, 5) is 22.4. The summed E-state index contributed by atoms with van der Waals surface area (Å²) < 4.78 is 5.03. The number of amides is 2. The third-order valence-electron chi connectivity index (χ3n) is 3.54. The number of nitrogens with one attached hydrogen (secondary N) is 2. The Kier molecular flexibility index (Phi) is 6.57. The lowest BCUT2D eigenvalue weighted by atomic mass is 10.1.